The smallest absolute Gasteiger partial charge is 0.250 e. The average molecular weight is 361 g/mol. The molecular formula is C16H15ClN5O3-. The van der Waals surface area contributed by atoms with Crippen LogP contribution in [0.2, 0.25) is 5.02 Å². The van der Waals surface area contributed by atoms with Crippen molar-refractivity contribution in [2.24, 2.45) is 0 Å². The first-order valence-electron chi connectivity index (χ1n) is 7.59. The molecule has 8 nitrogen and oxygen atoms in total. The van der Waals surface area contributed by atoms with Crippen molar-refractivity contribution in [1.82, 2.24) is 14.8 Å². The summed E-state index contributed by atoms with van der Waals surface area (Å²) in [6.07, 6.45) is 1.43. The Morgan fingerprint density at radius 3 is 2.72 bits per heavy atom. The van der Waals surface area contributed by atoms with Gasteiger partial charge in [-0.2, -0.15) is 4.98 Å². The number of hydrogen-bond acceptors (Lipinski definition) is 6. The van der Waals surface area contributed by atoms with Gasteiger partial charge in [0.15, 0.2) is 0 Å². The Morgan fingerprint density at radius 1 is 1.32 bits per heavy atom. The van der Waals surface area contributed by atoms with Crippen LogP contribution < -0.4 is 15.7 Å². The van der Waals surface area contributed by atoms with E-state index in [4.69, 9.17) is 11.6 Å². The molecule has 0 saturated carbocycles. The van der Waals surface area contributed by atoms with E-state index in [9.17, 15) is 14.7 Å². The molecule has 2 aromatic rings. The average Bonchev–Trinajstić information content (AvgIpc) is 2.95. The van der Waals surface area contributed by atoms with Gasteiger partial charge in [-0.1, -0.05) is 23.7 Å². The number of carbonyl (C=O) groups excluding carboxylic acids is 2. The minimum absolute atomic E-state index is 0.105. The molecule has 9 heteroatoms. The van der Waals surface area contributed by atoms with Crippen LogP contribution >= 0.6 is 11.6 Å². The lowest BCUT2D eigenvalue weighted by Gasteiger charge is -2.22. The Bertz CT molecular complexity index is 844. The number of carbonyl (C=O) groups is 2. The molecule has 25 heavy (non-hydrogen) atoms. The summed E-state index contributed by atoms with van der Waals surface area (Å²) in [5.74, 6) is -1.18. The summed E-state index contributed by atoms with van der Waals surface area (Å²) in [5.41, 5.74) is 1.86. The zero-order valence-corrected chi connectivity index (χ0v) is 14.1. The third-order valence-corrected chi connectivity index (χ3v) is 3.88. The van der Waals surface area contributed by atoms with Gasteiger partial charge in [0.25, 0.3) is 5.95 Å². The molecule has 0 spiro atoms. The van der Waals surface area contributed by atoms with Gasteiger partial charge in [0.2, 0.25) is 11.9 Å². The zero-order chi connectivity index (χ0) is 18.0. The fourth-order valence-corrected chi connectivity index (χ4v) is 2.61. The molecule has 1 atom stereocenters. The lowest BCUT2D eigenvalue weighted by atomic mass is 10.1. The molecule has 1 aliphatic heterocycles. The number of allylic oxidation sites excluding steroid dienone is 2. The third kappa shape index (κ3) is 3.97. The van der Waals surface area contributed by atoms with Crippen LogP contribution in [0, 0.1) is 0 Å². The van der Waals surface area contributed by atoms with Crippen LogP contribution in [0.4, 0.5) is 11.9 Å². The molecule has 2 N–H and O–H groups in total. The number of amides is 1. The van der Waals surface area contributed by atoms with Gasteiger partial charge < -0.3 is 15.2 Å². The van der Waals surface area contributed by atoms with E-state index in [-0.39, 0.29) is 24.8 Å². The van der Waals surface area contributed by atoms with Crippen molar-refractivity contribution in [2.75, 3.05) is 10.6 Å². The van der Waals surface area contributed by atoms with E-state index in [1.807, 2.05) is 25.1 Å². The highest BCUT2D eigenvalue weighted by molar-refractivity contribution is 6.30. The summed E-state index contributed by atoms with van der Waals surface area (Å²) >= 11 is 5.94. The number of halogens is 1. The first-order chi connectivity index (χ1) is 11.9. The normalized spacial score (nSPS) is 15.8. The number of anilines is 2. The molecular weight excluding hydrogens is 346 g/mol. The molecule has 130 valence electrons. The van der Waals surface area contributed by atoms with Gasteiger partial charge >= 0.3 is 0 Å². The molecule has 1 amide bonds. The molecule has 0 unspecified atom stereocenters. The Kier molecular flexibility index (Phi) is 4.71. The molecule has 0 saturated heterocycles. The van der Waals surface area contributed by atoms with Crippen molar-refractivity contribution in [3.63, 3.8) is 0 Å². The Morgan fingerprint density at radius 2 is 2.04 bits per heavy atom. The monoisotopic (exact) mass is 360 g/mol. The number of rotatable bonds is 5. The van der Waals surface area contributed by atoms with E-state index in [0.717, 1.165) is 11.3 Å². The second-order valence-electron chi connectivity index (χ2n) is 5.59. The van der Waals surface area contributed by atoms with Gasteiger partial charge in [0.05, 0.1) is 0 Å². The summed E-state index contributed by atoms with van der Waals surface area (Å²) in [6, 6.07) is 7.18. The number of aromatic nitrogens is 3. The molecule has 1 aromatic heterocycles. The van der Waals surface area contributed by atoms with Crippen LogP contribution in [-0.4, -0.2) is 26.6 Å². The van der Waals surface area contributed by atoms with E-state index in [2.05, 4.69) is 20.7 Å². The maximum atomic E-state index is 11.7. The summed E-state index contributed by atoms with van der Waals surface area (Å²) in [4.78, 5) is 26.4. The topological polar surface area (TPSA) is 112 Å². The number of hydrogen-bond donors (Lipinski definition) is 2. The third-order valence-electron chi connectivity index (χ3n) is 3.63. The maximum absolute atomic E-state index is 11.7. The molecule has 0 radical (unpaired) electrons. The molecule has 1 aromatic carbocycles. The van der Waals surface area contributed by atoms with Gasteiger partial charge in [0.1, 0.15) is 6.04 Å². The number of nitrogens with one attached hydrogen (secondary N) is 2. The lowest BCUT2D eigenvalue weighted by Crippen LogP contribution is -2.24. The second kappa shape index (κ2) is 6.94. The van der Waals surface area contributed by atoms with Crippen molar-refractivity contribution < 1.29 is 14.7 Å². The zero-order valence-electron chi connectivity index (χ0n) is 13.3. The fourth-order valence-electron chi connectivity index (χ4n) is 2.48. The van der Waals surface area contributed by atoms with Crippen molar-refractivity contribution in [2.45, 2.75) is 25.8 Å². The van der Waals surface area contributed by atoms with Crippen molar-refractivity contribution >= 4 is 35.4 Å². The molecule has 0 aliphatic carbocycles. The maximum Gasteiger partial charge on any atom is 0.250 e. The summed E-state index contributed by atoms with van der Waals surface area (Å²) in [5, 5.41) is 20.9. The highest BCUT2D eigenvalue weighted by atomic mass is 35.5. The second-order valence-corrected chi connectivity index (χ2v) is 6.03. The molecule has 0 fully saturated rings. The fraction of sp³-hybridized carbons (Fsp3) is 0.250. The highest BCUT2D eigenvalue weighted by Crippen LogP contribution is 2.30. The number of aliphatic carboxylic acids is 1. The number of carboxylic acid groups (broad SMARTS) is 1. The number of fused-ring (bicyclic) bond motifs is 1. The van der Waals surface area contributed by atoms with Crippen molar-refractivity contribution in [3.05, 3.63) is 46.6 Å². The SMILES string of the molecule is CC1=C[C@@H](c2ccc(Cl)cc2)n2nc(NC(=O)CCC(=O)[O-])nc2N1. The van der Waals surface area contributed by atoms with Gasteiger partial charge in [-0.15, -0.1) is 5.10 Å². The van der Waals surface area contributed by atoms with Crippen molar-refractivity contribution in [3.8, 4) is 0 Å². The Balaban J connectivity index is 1.82. The minimum atomic E-state index is -1.28. The summed E-state index contributed by atoms with van der Waals surface area (Å²) < 4.78 is 1.64. The summed E-state index contributed by atoms with van der Waals surface area (Å²) in [6.45, 7) is 1.90. The van der Waals surface area contributed by atoms with Gasteiger partial charge in [-0.3, -0.25) is 10.1 Å². The first-order valence-corrected chi connectivity index (χ1v) is 7.97. The van der Waals surface area contributed by atoms with Crippen LogP contribution in [0.3, 0.4) is 0 Å². The number of benzene rings is 1. The van der Waals surface area contributed by atoms with E-state index >= 15 is 0 Å². The van der Waals surface area contributed by atoms with Gasteiger partial charge in [-0.05, 0) is 37.1 Å². The predicted octanol–water partition coefficient (Wildman–Crippen LogP) is 1.32. The quantitative estimate of drug-likeness (QED) is 0.831. The summed E-state index contributed by atoms with van der Waals surface area (Å²) in [7, 11) is 0. The predicted molar refractivity (Wildman–Crippen MR) is 89.9 cm³/mol. The molecule has 2 heterocycles. The lowest BCUT2D eigenvalue weighted by molar-refractivity contribution is -0.305. The van der Waals surface area contributed by atoms with Crippen LogP contribution in [-0.2, 0) is 9.59 Å². The highest BCUT2D eigenvalue weighted by Gasteiger charge is 2.23. The molecule has 0 bridgehead atoms. The van der Waals surface area contributed by atoms with E-state index < -0.39 is 11.9 Å². The van der Waals surface area contributed by atoms with E-state index in [1.165, 1.54) is 0 Å². The standard InChI is InChI=1S/C16H16ClN5O3/c1-9-8-12(10-2-4-11(17)5-3-10)22-16(18-9)20-15(21-22)19-13(23)6-7-14(24)25/h2-5,8,12H,6-7H2,1H3,(H,24,25)(H2,18,19,20,21,23)/p-1/t12-/m0/s1. The number of carboxylic acids is 1. The van der Waals surface area contributed by atoms with Crippen LogP contribution in [0.25, 0.3) is 0 Å². The minimum Gasteiger partial charge on any atom is -0.550 e. The number of nitrogens with zero attached hydrogens (tertiary/aromatic N) is 3. The Hall–Kier alpha value is -2.87. The van der Waals surface area contributed by atoms with E-state index in [0.29, 0.717) is 11.0 Å². The largest absolute Gasteiger partial charge is 0.550 e. The van der Waals surface area contributed by atoms with Crippen LogP contribution in [0.15, 0.2) is 36.0 Å². The van der Waals surface area contributed by atoms with Crippen LogP contribution in [0.5, 0.6) is 0 Å². The van der Waals surface area contributed by atoms with Gasteiger partial charge in [-0.25, -0.2) is 4.68 Å². The molecule has 1 aliphatic rings. The molecule has 3 rings (SSSR count). The van der Waals surface area contributed by atoms with E-state index in [1.54, 1.807) is 16.8 Å². The first kappa shape index (κ1) is 17.0. The van der Waals surface area contributed by atoms with Crippen LogP contribution in [0.1, 0.15) is 31.4 Å². The van der Waals surface area contributed by atoms with Gasteiger partial charge in [0, 0.05) is 23.1 Å². The Labute approximate surface area is 148 Å². The van der Waals surface area contributed by atoms with Crippen molar-refractivity contribution in [1.29, 1.82) is 0 Å².